The van der Waals surface area contributed by atoms with Gasteiger partial charge in [0.25, 0.3) is 0 Å². The van der Waals surface area contributed by atoms with E-state index in [2.05, 4.69) is 43.5 Å². The fourth-order valence-electron chi connectivity index (χ4n) is 2.74. The third kappa shape index (κ3) is 2.64. The van der Waals surface area contributed by atoms with E-state index in [9.17, 15) is 0 Å². The Hall–Kier alpha value is -3.21. The van der Waals surface area contributed by atoms with Crippen molar-refractivity contribution in [2.45, 2.75) is 6.04 Å². The number of para-hydroxylation sites is 1. The Morgan fingerprint density at radius 3 is 2.74 bits per heavy atom. The van der Waals surface area contributed by atoms with E-state index in [1.54, 1.807) is 12.4 Å². The second-order valence-corrected chi connectivity index (χ2v) is 5.25. The third-order valence-electron chi connectivity index (χ3n) is 3.82. The molecule has 0 saturated heterocycles. The Balaban J connectivity index is 1.82. The minimum Gasteiger partial charge on any atom is -0.361 e. The van der Waals surface area contributed by atoms with Crippen LogP contribution in [0.2, 0.25) is 0 Å². The number of benzene rings is 1. The van der Waals surface area contributed by atoms with Gasteiger partial charge in [-0.05, 0) is 23.8 Å². The number of anilines is 1. The van der Waals surface area contributed by atoms with Crippen molar-refractivity contribution in [1.29, 1.82) is 0 Å². The van der Waals surface area contributed by atoms with Crippen LogP contribution < -0.4 is 5.32 Å². The van der Waals surface area contributed by atoms with E-state index in [-0.39, 0.29) is 6.04 Å². The van der Waals surface area contributed by atoms with Crippen LogP contribution in [0.5, 0.6) is 0 Å². The second kappa shape index (κ2) is 5.88. The predicted molar refractivity (Wildman–Crippen MR) is 90.0 cm³/mol. The molecule has 0 saturated carbocycles. The van der Waals surface area contributed by atoms with Gasteiger partial charge in [-0.3, -0.25) is 4.98 Å². The van der Waals surface area contributed by atoms with Crippen LogP contribution in [0.1, 0.15) is 17.2 Å². The van der Waals surface area contributed by atoms with Crippen molar-refractivity contribution in [2.24, 2.45) is 0 Å². The van der Waals surface area contributed by atoms with Crippen molar-refractivity contribution in [1.82, 2.24) is 19.9 Å². The topological polar surface area (TPSA) is 66.5 Å². The van der Waals surface area contributed by atoms with E-state index in [1.807, 2.05) is 36.7 Å². The van der Waals surface area contributed by atoms with Gasteiger partial charge in [-0.15, -0.1) is 0 Å². The number of hydrogen-bond acceptors (Lipinski definition) is 4. The quantitative estimate of drug-likeness (QED) is 0.605. The Bertz CT molecular complexity index is 902. The zero-order valence-corrected chi connectivity index (χ0v) is 12.3. The SMILES string of the molecule is c1cncc(C(Nc2ccncn2)c2c[nH]c3ccccc23)c1. The molecule has 23 heavy (non-hydrogen) atoms. The van der Waals surface area contributed by atoms with Crippen molar-refractivity contribution in [3.63, 3.8) is 0 Å². The molecule has 1 unspecified atom stereocenters. The molecule has 1 atom stereocenters. The van der Waals surface area contributed by atoms with Crippen molar-refractivity contribution in [3.05, 3.63) is 84.7 Å². The van der Waals surface area contributed by atoms with E-state index in [0.29, 0.717) is 0 Å². The first kappa shape index (κ1) is 13.5. The first-order valence-electron chi connectivity index (χ1n) is 7.40. The molecule has 5 nitrogen and oxygen atoms in total. The zero-order chi connectivity index (χ0) is 15.5. The summed E-state index contributed by atoms with van der Waals surface area (Å²) < 4.78 is 0. The summed E-state index contributed by atoms with van der Waals surface area (Å²) in [5.41, 5.74) is 3.35. The lowest BCUT2D eigenvalue weighted by molar-refractivity contribution is 0.920. The molecule has 2 N–H and O–H groups in total. The van der Waals surface area contributed by atoms with Gasteiger partial charge < -0.3 is 10.3 Å². The smallest absolute Gasteiger partial charge is 0.130 e. The summed E-state index contributed by atoms with van der Waals surface area (Å²) in [5, 5.41) is 4.66. The monoisotopic (exact) mass is 301 g/mol. The summed E-state index contributed by atoms with van der Waals surface area (Å²) in [4.78, 5) is 15.8. The van der Waals surface area contributed by atoms with Gasteiger partial charge in [-0.2, -0.15) is 0 Å². The van der Waals surface area contributed by atoms with E-state index in [4.69, 9.17) is 0 Å². The van der Waals surface area contributed by atoms with Gasteiger partial charge >= 0.3 is 0 Å². The molecule has 4 rings (SSSR count). The van der Waals surface area contributed by atoms with Crippen LogP contribution in [0.3, 0.4) is 0 Å². The summed E-state index contributed by atoms with van der Waals surface area (Å²) in [6, 6.07) is 14.1. The van der Waals surface area contributed by atoms with Crippen molar-refractivity contribution in [2.75, 3.05) is 5.32 Å². The molecule has 3 aromatic heterocycles. The Morgan fingerprint density at radius 1 is 0.957 bits per heavy atom. The van der Waals surface area contributed by atoms with Crippen molar-refractivity contribution >= 4 is 16.7 Å². The van der Waals surface area contributed by atoms with Crippen LogP contribution in [0.4, 0.5) is 5.82 Å². The standard InChI is InChI=1S/C18H15N5/c1-2-6-16-14(5-1)15(11-21-16)18(13-4-3-8-19-10-13)23-17-7-9-20-12-22-17/h1-12,18,21H,(H,20,22,23). The van der Waals surface area contributed by atoms with E-state index < -0.39 is 0 Å². The van der Waals surface area contributed by atoms with Gasteiger partial charge in [0.15, 0.2) is 0 Å². The zero-order valence-electron chi connectivity index (χ0n) is 12.3. The van der Waals surface area contributed by atoms with Gasteiger partial charge in [0.1, 0.15) is 12.1 Å². The molecule has 112 valence electrons. The fourth-order valence-corrected chi connectivity index (χ4v) is 2.74. The number of nitrogens with one attached hydrogen (secondary N) is 2. The highest BCUT2D eigenvalue weighted by Gasteiger charge is 2.18. The number of nitrogens with zero attached hydrogens (tertiary/aromatic N) is 3. The lowest BCUT2D eigenvalue weighted by atomic mass is 9.99. The minimum absolute atomic E-state index is 0.0465. The van der Waals surface area contributed by atoms with Crippen molar-refractivity contribution in [3.8, 4) is 0 Å². The van der Waals surface area contributed by atoms with E-state index >= 15 is 0 Å². The highest BCUT2D eigenvalue weighted by atomic mass is 15.0. The molecule has 0 amide bonds. The average molecular weight is 301 g/mol. The number of aromatic amines is 1. The maximum Gasteiger partial charge on any atom is 0.130 e. The van der Waals surface area contributed by atoms with Crippen LogP contribution >= 0.6 is 0 Å². The average Bonchev–Trinajstić information content (AvgIpc) is 3.05. The van der Waals surface area contributed by atoms with Crippen LogP contribution in [0.25, 0.3) is 10.9 Å². The summed E-state index contributed by atoms with van der Waals surface area (Å²) >= 11 is 0. The molecule has 0 radical (unpaired) electrons. The maximum absolute atomic E-state index is 4.28. The molecule has 3 heterocycles. The van der Waals surface area contributed by atoms with Gasteiger partial charge in [-0.25, -0.2) is 9.97 Å². The van der Waals surface area contributed by atoms with Gasteiger partial charge in [0.05, 0.1) is 6.04 Å². The van der Waals surface area contributed by atoms with Crippen molar-refractivity contribution < 1.29 is 0 Å². The number of hydrogen-bond donors (Lipinski definition) is 2. The van der Waals surface area contributed by atoms with Crippen LogP contribution in [-0.2, 0) is 0 Å². The first-order valence-corrected chi connectivity index (χ1v) is 7.40. The largest absolute Gasteiger partial charge is 0.361 e. The number of H-pyrrole nitrogens is 1. The molecule has 0 bridgehead atoms. The van der Waals surface area contributed by atoms with E-state index in [1.165, 1.54) is 11.7 Å². The predicted octanol–water partition coefficient (Wildman–Crippen LogP) is 3.55. The normalized spacial score (nSPS) is 12.2. The highest BCUT2D eigenvalue weighted by Crippen LogP contribution is 2.30. The van der Waals surface area contributed by atoms with Gasteiger partial charge in [-0.1, -0.05) is 24.3 Å². The molecule has 0 aliphatic heterocycles. The van der Waals surface area contributed by atoms with Crippen LogP contribution in [0.15, 0.2) is 73.6 Å². The molecule has 0 aliphatic carbocycles. The number of aromatic nitrogens is 4. The number of fused-ring (bicyclic) bond motifs is 1. The lowest BCUT2D eigenvalue weighted by Crippen LogP contribution is -2.13. The number of rotatable bonds is 4. The molecule has 0 aliphatic rings. The molecule has 4 aromatic rings. The molecule has 1 aromatic carbocycles. The summed E-state index contributed by atoms with van der Waals surface area (Å²) in [6.45, 7) is 0. The second-order valence-electron chi connectivity index (χ2n) is 5.25. The van der Waals surface area contributed by atoms with E-state index in [0.717, 1.165) is 22.5 Å². The minimum atomic E-state index is -0.0465. The molecular weight excluding hydrogens is 286 g/mol. The Kier molecular flexibility index (Phi) is 3.44. The number of pyridine rings is 1. The Morgan fingerprint density at radius 2 is 1.91 bits per heavy atom. The fraction of sp³-hybridized carbons (Fsp3) is 0.0556. The first-order chi connectivity index (χ1) is 11.4. The summed E-state index contributed by atoms with van der Waals surface area (Å²) in [6.07, 6.45) is 8.96. The van der Waals surface area contributed by atoms with Crippen LogP contribution in [0, 0.1) is 0 Å². The van der Waals surface area contributed by atoms with Crippen LogP contribution in [-0.4, -0.2) is 19.9 Å². The molecule has 0 spiro atoms. The summed E-state index contributed by atoms with van der Waals surface area (Å²) in [7, 11) is 0. The Labute approximate surface area is 133 Å². The third-order valence-corrected chi connectivity index (χ3v) is 3.82. The maximum atomic E-state index is 4.28. The molecule has 5 heteroatoms. The highest BCUT2D eigenvalue weighted by molar-refractivity contribution is 5.84. The van der Waals surface area contributed by atoms with Gasteiger partial charge in [0.2, 0.25) is 0 Å². The summed E-state index contributed by atoms with van der Waals surface area (Å²) in [5.74, 6) is 0.777. The molecular formula is C18H15N5. The molecule has 0 fully saturated rings. The lowest BCUT2D eigenvalue weighted by Gasteiger charge is -2.19. The van der Waals surface area contributed by atoms with Gasteiger partial charge in [0, 0.05) is 41.3 Å².